The van der Waals surface area contributed by atoms with Crippen molar-refractivity contribution in [1.82, 2.24) is 9.80 Å². The highest BCUT2D eigenvalue weighted by Crippen LogP contribution is 2.61. The molecule has 2 aliphatic carbocycles. The van der Waals surface area contributed by atoms with Gasteiger partial charge in [0.2, 0.25) is 0 Å². The summed E-state index contributed by atoms with van der Waals surface area (Å²) >= 11 is 0. The summed E-state index contributed by atoms with van der Waals surface area (Å²) in [5, 5.41) is 12.1. The summed E-state index contributed by atoms with van der Waals surface area (Å²) in [6, 6.07) is 3.40. The van der Waals surface area contributed by atoms with Crippen molar-refractivity contribution in [3.05, 3.63) is 24.2 Å². The van der Waals surface area contributed by atoms with E-state index in [0.29, 0.717) is 51.3 Å². The fraction of sp³-hybridized carbons (Fsp3) is 0.760. The lowest BCUT2D eigenvalue weighted by Crippen LogP contribution is -2.69. The van der Waals surface area contributed by atoms with Crippen LogP contribution in [0.2, 0.25) is 0 Å². The second-order valence-corrected chi connectivity index (χ2v) is 10.9. The van der Waals surface area contributed by atoms with Gasteiger partial charge in [-0.25, -0.2) is 0 Å². The van der Waals surface area contributed by atoms with Crippen molar-refractivity contribution in [2.45, 2.75) is 63.3 Å². The van der Waals surface area contributed by atoms with E-state index in [2.05, 4.69) is 11.8 Å². The number of aliphatic hydroxyl groups is 1. The van der Waals surface area contributed by atoms with E-state index in [9.17, 15) is 14.7 Å². The van der Waals surface area contributed by atoms with Gasteiger partial charge in [-0.2, -0.15) is 0 Å². The van der Waals surface area contributed by atoms with Crippen LogP contribution < -0.4 is 0 Å². The van der Waals surface area contributed by atoms with Gasteiger partial charge >= 0.3 is 5.97 Å². The molecule has 8 nitrogen and oxygen atoms in total. The average Bonchev–Trinajstić information content (AvgIpc) is 3.42. The van der Waals surface area contributed by atoms with Crippen molar-refractivity contribution in [3.8, 4) is 0 Å². The van der Waals surface area contributed by atoms with Gasteiger partial charge in [-0.1, -0.05) is 6.92 Å². The standard InChI is InChI=1S/C25H36N2O6/c1-23-7-5-8-24(2,31-3)25(23,30)14-17-18(22(29)33-20(17)15-23)16-26-9-11-27(12-10-26)21(28)19-6-4-13-32-19/h4,6,13,17-18,20,30H,5,7-12,14-16H2,1-3H3/t17-,18-,20+,23+,24+,25-/m0/s1. The lowest BCUT2D eigenvalue weighted by atomic mass is 9.49. The molecular formula is C25H36N2O6. The van der Waals surface area contributed by atoms with Gasteiger partial charge in [0.05, 0.1) is 23.4 Å². The van der Waals surface area contributed by atoms with Gasteiger partial charge in [-0.3, -0.25) is 14.5 Å². The van der Waals surface area contributed by atoms with Crippen molar-refractivity contribution in [3.63, 3.8) is 0 Å². The maximum atomic E-state index is 12.9. The molecular weight excluding hydrogens is 424 g/mol. The Hall–Kier alpha value is -1.90. The molecule has 0 bridgehead atoms. The number of furan rings is 1. The summed E-state index contributed by atoms with van der Waals surface area (Å²) < 4.78 is 17.0. The zero-order valence-electron chi connectivity index (χ0n) is 19.9. The summed E-state index contributed by atoms with van der Waals surface area (Å²) in [4.78, 5) is 29.5. The Morgan fingerprint density at radius 2 is 1.97 bits per heavy atom. The number of piperazine rings is 1. The van der Waals surface area contributed by atoms with E-state index in [1.165, 1.54) is 6.26 Å². The zero-order valence-corrected chi connectivity index (χ0v) is 19.9. The number of rotatable bonds is 4. The SMILES string of the molecule is CO[C@]1(C)CCC[C@]2(C)C[C@H]3OC(=O)[C@@H](CN4CCN(C(=O)c5ccco5)CC4)[C@@H]3C[C@]21O. The lowest BCUT2D eigenvalue weighted by molar-refractivity contribution is -0.270. The minimum absolute atomic E-state index is 0.0223. The summed E-state index contributed by atoms with van der Waals surface area (Å²) in [5.74, 6) is -0.170. The first-order chi connectivity index (χ1) is 15.7. The second kappa shape index (κ2) is 8.10. The lowest BCUT2D eigenvalue weighted by Gasteiger charge is -2.62. The molecule has 8 heteroatoms. The Labute approximate surface area is 195 Å². The first kappa shape index (κ1) is 22.9. The van der Waals surface area contributed by atoms with Crippen LogP contribution in [0.5, 0.6) is 0 Å². The van der Waals surface area contributed by atoms with Crippen LogP contribution in [0.4, 0.5) is 0 Å². The molecule has 4 aliphatic rings. The van der Waals surface area contributed by atoms with E-state index in [-0.39, 0.29) is 35.2 Å². The molecule has 2 saturated carbocycles. The average molecular weight is 461 g/mol. The van der Waals surface area contributed by atoms with Gasteiger partial charge < -0.3 is 23.9 Å². The molecule has 4 fully saturated rings. The number of carbonyl (C=O) groups excluding carboxylic acids is 2. The Morgan fingerprint density at radius 3 is 2.64 bits per heavy atom. The highest BCUT2D eigenvalue weighted by Gasteiger charge is 2.67. The molecule has 2 saturated heterocycles. The van der Waals surface area contributed by atoms with Crippen LogP contribution in [0.25, 0.3) is 0 Å². The minimum atomic E-state index is -0.992. The molecule has 33 heavy (non-hydrogen) atoms. The molecule has 1 amide bonds. The first-order valence-electron chi connectivity index (χ1n) is 12.2. The molecule has 1 aromatic rings. The van der Waals surface area contributed by atoms with Gasteiger partial charge in [0.25, 0.3) is 5.91 Å². The summed E-state index contributed by atoms with van der Waals surface area (Å²) in [5.41, 5.74) is -1.95. The first-order valence-corrected chi connectivity index (χ1v) is 12.2. The third-order valence-electron chi connectivity index (χ3n) is 9.30. The Balaban J connectivity index is 1.27. The second-order valence-electron chi connectivity index (χ2n) is 10.9. The fourth-order valence-electron chi connectivity index (χ4n) is 7.06. The molecule has 1 aromatic heterocycles. The van der Waals surface area contributed by atoms with E-state index < -0.39 is 11.2 Å². The number of nitrogens with zero attached hydrogens (tertiary/aromatic N) is 2. The topological polar surface area (TPSA) is 92.5 Å². The van der Waals surface area contributed by atoms with E-state index in [4.69, 9.17) is 13.9 Å². The summed E-state index contributed by atoms with van der Waals surface area (Å²) in [6.45, 7) is 7.34. The maximum Gasteiger partial charge on any atom is 0.310 e. The molecule has 3 heterocycles. The van der Waals surface area contributed by atoms with Gasteiger partial charge in [0.15, 0.2) is 5.76 Å². The number of hydrogen-bond donors (Lipinski definition) is 1. The van der Waals surface area contributed by atoms with Crippen molar-refractivity contribution in [1.29, 1.82) is 0 Å². The Bertz CT molecular complexity index is 897. The van der Waals surface area contributed by atoms with Gasteiger partial charge in [-0.05, 0) is 51.2 Å². The molecule has 0 spiro atoms. The van der Waals surface area contributed by atoms with Crippen LogP contribution in [0.3, 0.4) is 0 Å². The zero-order chi connectivity index (χ0) is 23.4. The predicted octanol–water partition coefficient (Wildman–Crippen LogP) is 2.32. The van der Waals surface area contributed by atoms with E-state index >= 15 is 0 Å². The fourth-order valence-corrected chi connectivity index (χ4v) is 7.06. The van der Waals surface area contributed by atoms with E-state index in [1.54, 1.807) is 24.1 Å². The molecule has 1 N–H and O–H groups in total. The third-order valence-corrected chi connectivity index (χ3v) is 9.30. The molecule has 6 atom stereocenters. The van der Waals surface area contributed by atoms with E-state index in [0.717, 1.165) is 19.3 Å². The molecule has 2 aliphatic heterocycles. The molecule has 0 aromatic carbocycles. The number of esters is 1. The summed E-state index contributed by atoms with van der Waals surface area (Å²) in [7, 11) is 1.69. The third kappa shape index (κ3) is 3.53. The van der Waals surface area contributed by atoms with Crippen LogP contribution in [0.15, 0.2) is 22.8 Å². The number of hydrogen-bond acceptors (Lipinski definition) is 7. The van der Waals surface area contributed by atoms with Crippen molar-refractivity contribution in [2.75, 3.05) is 39.8 Å². The maximum absolute atomic E-state index is 12.9. The van der Waals surface area contributed by atoms with Crippen molar-refractivity contribution in [2.24, 2.45) is 17.3 Å². The minimum Gasteiger partial charge on any atom is -0.462 e. The van der Waals surface area contributed by atoms with Crippen molar-refractivity contribution >= 4 is 11.9 Å². The van der Waals surface area contributed by atoms with Crippen LogP contribution in [-0.2, 0) is 14.3 Å². The summed E-state index contributed by atoms with van der Waals surface area (Å²) in [6.07, 6.45) is 5.30. The largest absolute Gasteiger partial charge is 0.462 e. The number of methoxy groups -OCH3 is 1. The predicted molar refractivity (Wildman–Crippen MR) is 119 cm³/mol. The molecule has 5 rings (SSSR count). The normalized spacial score (nSPS) is 41.4. The van der Waals surface area contributed by atoms with Gasteiger partial charge in [0, 0.05) is 51.2 Å². The number of carbonyl (C=O) groups is 2. The number of fused-ring (bicyclic) bond motifs is 2. The highest BCUT2D eigenvalue weighted by atomic mass is 16.6. The quantitative estimate of drug-likeness (QED) is 0.690. The smallest absolute Gasteiger partial charge is 0.310 e. The van der Waals surface area contributed by atoms with Crippen LogP contribution in [0, 0.1) is 17.3 Å². The molecule has 182 valence electrons. The van der Waals surface area contributed by atoms with Gasteiger partial charge in [0.1, 0.15) is 6.10 Å². The molecule has 0 unspecified atom stereocenters. The van der Waals surface area contributed by atoms with Crippen LogP contribution >= 0.6 is 0 Å². The van der Waals surface area contributed by atoms with Crippen LogP contribution in [-0.4, -0.2) is 83.9 Å². The van der Waals surface area contributed by atoms with Gasteiger partial charge in [-0.15, -0.1) is 0 Å². The van der Waals surface area contributed by atoms with E-state index in [1.807, 2.05) is 6.92 Å². The highest BCUT2D eigenvalue weighted by molar-refractivity contribution is 5.91. The Morgan fingerprint density at radius 1 is 1.21 bits per heavy atom. The van der Waals surface area contributed by atoms with Crippen molar-refractivity contribution < 1.29 is 28.6 Å². The number of ether oxygens (including phenoxy) is 2. The Kier molecular flexibility index (Phi) is 5.61. The van der Waals surface area contributed by atoms with Crippen LogP contribution in [0.1, 0.15) is 56.5 Å². The molecule has 0 radical (unpaired) electrons. The monoisotopic (exact) mass is 460 g/mol. The number of amides is 1.